The highest BCUT2D eigenvalue weighted by Gasteiger charge is 2.29. The largest absolute Gasteiger partial charge is 0.493 e. The van der Waals surface area contributed by atoms with Crippen molar-refractivity contribution in [2.45, 2.75) is 18.2 Å². The van der Waals surface area contributed by atoms with Gasteiger partial charge in [0, 0.05) is 31.8 Å². The van der Waals surface area contributed by atoms with E-state index < -0.39 is 9.84 Å². The molecule has 2 aromatic rings. The third-order valence-electron chi connectivity index (χ3n) is 5.33. The first-order chi connectivity index (χ1) is 13.3. The maximum absolute atomic E-state index is 11.5. The minimum absolute atomic E-state index is 0.306. The van der Waals surface area contributed by atoms with Crippen molar-refractivity contribution in [3.8, 4) is 11.8 Å². The second-order valence-electron chi connectivity index (χ2n) is 7.61. The number of nitrogens with zero attached hydrogens (tertiary/aromatic N) is 2. The van der Waals surface area contributed by atoms with Gasteiger partial charge in [-0.15, -0.1) is 0 Å². The van der Waals surface area contributed by atoms with Gasteiger partial charge in [0.15, 0.2) is 9.84 Å². The van der Waals surface area contributed by atoms with Gasteiger partial charge >= 0.3 is 0 Å². The number of rotatable bonds is 7. The zero-order chi connectivity index (χ0) is 20.1. The van der Waals surface area contributed by atoms with Gasteiger partial charge < -0.3 is 9.64 Å². The summed E-state index contributed by atoms with van der Waals surface area (Å²) in [6.07, 6.45) is 2.14. The predicted octanol–water partition coefficient (Wildman–Crippen LogP) is 3.15. The molecular formula is C22H26N2O3S. The second kappa shape index (κ2) is 8.76. The number of ether oxygens (including phenoxy) is 1. The van der Waals surface area contributed by atoms with E-state index in [1.807, 2.05) is 18.2 Å². The molecule has 0 spiro atoms. The van der Waals surface area contributed by atoms with Gasteiger partial charge in [0.05, 0.1) is 23.1 Å². The van der Waals surface area contributed by atoms with Crippen LogP contribution >= 0.6 is 0 Å². The first-order valence-electron chi connectivity index (χ1n) is 9.49. The number of sulfone groups is 1. The fourth-order valence-corrected chi connectivity index (χ4v) is 4.24. The maximum atomic E-state index is 11.5. The van der Waals surface area contributed by atoms with Gasteiger partial charge in [-0.3, -0.25) is 0 Å². The van der Waals surface area contributed by atoms with E-state index in [9.17, 15) is 8.42 Å². The third-order valence-corrected chi connectivity index (χ3v) is 6.46. The molecule has 0 aromatic heterocycles. The predicted molar refractivity (Wildman–Crippen MR) is 109 cm³/mol. The average Bonchev–Trinajstić information content (AvgIpc) is 3.04. The molecule has 2 atom stereocenters. The van der Waals surface area contributed by atoms with E-state index in [4.69, 9.17) is 10.00 Å². The first-order valence-corrected chi connectivity index (χ1v) is 11.4. The van der Waals surface area contributed by atoms with Crippen LogP contribution in [-0.2, 0) is 16.3 Å². The standard InChI is InChI=1S/C22H26N2O3S/c1-17-14-24(11-10-18-4-3-5-19(12-18)13-23)15-20(17)16-27-21-6-8-22(9-7-21)28(2,25)26/h3-9,12,17,20H,10-11,14-16H2,1-2H3/t17-,20+/m1/s1. The summed E-state index contributed by atoms with van der Waals surface area (Å²) in [5.41, 5.74) is 1.90. The van der Waals surface area contributed by atoms with E-state index in [-0.39, 0.29) is 0 Å². The van der Waals surface area contributed by atoms with Crippen LogP contribution in [0.2, 0.25) is 0 Å². The molecule has 0 N–H and O–H groups in total. The molecule has 3 rings (SSSR count). The molecule has 1 fully saturated rings. The van der Waals surface area contributed by atoms with Gasteiger partial charge in [-0.2, -0.15) is 5.26 Å². The van der Waals surface area contributed by atoms with Crippen LogP contribution in [0.4, 0.5) is 0 Å². The van der Waals surface area contributed by atoms with Gasteiger partial charge in [0.25, 0.3) is 0 Å². The summed E-state index contributed by atoms with van der Waals surface area (Å²) in [6.45, 7) is 5.87. The van der Waals surface area contributed by atoms with Crippen molar-refractivity contribution in [1.29, 1.82) is 5.26 Å². The van der Waals surface area contributed by atoms with E-state index in [1.54, 1.807) is 24.3 Å². The topological polar surface area (TPSA) is 70.4 Å². The lowest BCUT2D eigenvalue weighted by Gasteiger charge is -2.17. The van der Waals surface area contributed by atoms with Crippen LogP contribution in [0.15, 0.2) is 53.4 Å². The van der Waals surface area contributed by atoms with E-state index in [1.165, 1.54) is 11.8 Å². The second-order valence-corrected chi connectivity index (χ2v) is 9.63. The van der Waals surface area contributed by atoms with Crippen molar-refractivity contribution in [3.05, 3.63) is 59.7 Å². The Morgan fingerprint density at radius 1 is 1.18 bits per heavy atom. The lowest BCUT2D eigenvalue weighted by atomic mass is 9.99. The van der Waals surface area contributed by atoms with Crippen molar-refractivity contribution >= 4 is 9.84 Å². The van der Waals surface area contributed by atoms with Crippen molar-refractivity contribution in [2.24, 2.45) is 11.8 Å². The van der Waals surface area contributed by atoms with Crippen molar-refractivity contribution in [1.82, 2.24) is 4.90 Å². The van der Waals surface area contributed by atoms with E-state index in [0.717, 1.165) is 26.1 Å². The highest BCUT2D eigenvalue weighted by molar-refractivity contribution is 7.90. The minimum atomic E-state index is -3.18. The van der Waals surface area contributed by atoms with Gasteiger partial charge in [0.1, 0.15) is 5.75 Å². The molecule has 6 heteroatoms. The Kier molecular flexibility index (Phi) is 6.38. The maximum Gasteiger partial charge on any atom is 0.175 e. The van der Waals surface area contributed by atoms with Crippen LogP contribution in [0.5, 0.6) is 5.75 Å². The third kappa shape index (κ3) is 5.34. The number of nitriles is 1. The van der Waals surface area contributed by atoms with Gasteiger partial charge in [-0.05, 0) is 54.3 Å². The quantitative estimate of drug-likeness (QED) is 0.717. The Morgan fingerprint density at radius 3 is 2.61 bits per heavy atom. The van der Waals surface area contributed by atoms with Crippen LogP contribution < -0.4 is 4.74 Å². The van der Waals surface area contributed by atoms with Gasteiger partial charge in [-0.25, -0.2) is 8.42 Å². The summed E-state index contributed by atoms with van der Waals surface area (Å²) in [5.74, 6) is 1.69. The number of hydrogen-bond acceptors (Lipinski definition) is 5. The summed E-state index contributed by atoms with van der Waals surface area (Å²) in [5, 5.41) is 9.02. The molecule has 2 aromatic carbocycles. The molecule has 0 aliphatic carbocycles. The summed E-state index contributed by atoms with van der Waals surface area (Å²) in [4.78, 5) is 2.76. The SMILES string of the molecule is C[C@@H]1CN(CCc2cccc(C#N)c2)C[C@H]1COc1ccc(S(C)(=O)=O)cc1. The zero-order valence-electron chi connectivity index (χ0n) is 16.3. The summed E-state index contributed by atoms with van der Waals surface area (Å²) < 4.78 is 29.0. The average molecular weight is 399 g/mol. The number of benzene rings is 2. The Morgan fingerprint density at radius 2 is 1.93 bits per heavy atom. The molecule has 28 heavy (non-hydrogen) atoms. The molecule has 1 aliphatic rings. The van der Waals surface area contributed by atoms with Gasteiger partial charge in [0.2, 0.25) is 0 Å². The number of likely N-dealkylation sites (tertiary alicyclic amines) is 1. The van der Waals surface area contributed by atoms with E-state index >= 15 is 0 Å². The first kappa shape index (κ1) is 20.4. The van der Waals surface area contributed by atoms with Crippen molar-refractivity contribution in [3.63, 3.8) is 0 Å². The molecule has 0 saturated carbocycles. The van der Waals surface area contributed by atoms with Crippen LogP contribution in [0.1, 0.15) is 18.1 Å². The molecule has 1 saturated heterocycles. The summed E-state index contributed by atoms with van der Waals surface area (Å²) >= 11 is 0. The highest BCUT2D eigenvalue weighted by Crippen LogP contribution is 2.25. The van der Waals surface area contributed by atoms with Gasteiger partial charge in [-0.1, -0.05) is 19.1 Å². The zero-order valence-corrected chi connectivity index (χ0v) is 17.2. The highest BCUT2D eigenvalue weighted by atomic mass is 32.2. The lowest BCUT2D eigenvalue weighted by molar-refractivity contribution is 0.225. The Hall–Kier alpha value is -2.36. The molecule has 1 aliphatic heterocycles. The fourth-order valence-electron chi connectivity index (χ4n) is 3.61. The fraction of sp³-hybridized carbons (Fsp3) is 0.409. The molecule has 148 valence electrons. The molecule has 0 radical (unpaired) electrons. The monoisotopic (exact) mass is 398 g/mol. The summed E-state index contributed by atoms with van der Waals surface area (Å²) in [7, 11) is -3.18. The molecule has 0 amide bonds. The number of hydrogen-bond donors (Lipinski definition) is 0. The molecular weight excluding hydrogens is 372 g/mol. The normalized spacial score (nSPS) is 20.0. The Balaban J connectivity index is 1.49. The molecule has 1 heterocycles. The lowest BCUT2D eigenvalue weighted by Crippen LogP contribution is -2.24. The minimum Gasteiger partial charge on any atom is -0.493 e. The Labute approximate surface area is 167 Å². The smallest absolute Gasteiger partial charge is 0.175 e. The van der Waals surface area contributed by atoms with Crippen LogP contribution in [0.25, 0.3) is 0 Å². The van der Waals surface area contributed by atoms with Crippen LogP contribution in [-0.4, -0.2) is 45.8 Å². The van der Waals surface area contributed by atoms with Crippen molar-refractivity contribution < 1.29 is 13.2 Å². The molecule has 0 bridgehead atoms. The van der Waals surface area contributed by atoms with E-state index in [2.05, 4.69) is 24.0 Å². The van der Waals surface area contributed by atoms with Crippen LogP contribution in [0, 0.1) is 23.2 Å². The molecule has 0 unspecified atom stereocenters. The van der Waals surface area contributed by atoms with Crippen molar-refractivity contribution in [2.75, 3.05) is 32.5 Å². The van der Waals surface area contributed by atoms with E-state index in [0.29, 0.717) is 34.7 Å². The van der Waals surface area contributed by atoms with Crippen LogP contribution in [0.3, 0.4) is 0 Å². The summed E-state index contributed by atoms with van der Waals surface area (Å²) in [6, 6.07) is 16.6. The molecule has 5 nitrogen and oxygen atoms in total. The Bertz CT molecular complexity index is 948.